The van der Waals surface area contributed by atoms with Crippen LogP contribution in [0, 0.1) is 5.92 Å². The van der Waals surface area contributed by atoms with Crippen LogP contribution in [0.4, 0.5) is 0 Å². The minimum absolute atomic E-state index is 0.0550. The van der Waals surface area contributed by atoms with E-state index in [1.165, 1.54) is 12.8 Å². The molecule has 2 nitrogen and oxygen atoms in total. The Morgan fingerprint density at radius 3 is 2.59 bits per heavy atom. The number of ether oxygens (including phenoxy) is 1. The van der Waals surface area contributed by atoms with E-state index < -0.39 is 0 Å². The molecule has 1 aromatic carbocycles. The maximum absolute atomic E-state index is 5.83. The van der Waals surface area contributed by atoms with Crippen molar-refractivity contribution in [1.82, 2.24) is 0 Å². The van der Waals surface area contributed by atoms with E-state index in [-0.39, 0.29) is 6.04 Å². The Bertz CT molecular complexity index is 352. The van der Waals surface area contributed by atoms with Gasteiger partial charge in [-0.25, -0.2) is 0 Å². The van der Waals surface area contributed by atoms with Gasteiger partial charge < -0.3 is 10.5 Å². The third-order valence-electron chi connectivity index (χ3n) is 2.79. The number of halogens is 1. The molecule has 0 radical (unpaired) electrons. The van der Waals surface area contributed by atoms with E-state index in [1.54, 1.807) is 0 Å². The predicted molar refractivity (Wildman–Crippen MR) is 76.3 cm³/mol. The molecule has 0 saturated heterocycles. The quantitative estimate of drug-likeness (QED) is 0.851. The van der Waals surface area contributed by atoms with Crippen LogP contribution in [0.5, 0.6) is 5.75 Å². The molecule has 0 aliphatic rings. The second-order valence-electron chi connectivity index (χ2n) is 4.68. The lowest BCUT2D eigenvalue weighted by atomic mass is 10.1. The molecule has 1 aromatic rings. The fourth-order valence-electron chi connectivity index (χ4n) is 1.73. The molecule has 3 heteroatoms. The van der Waals surface area contributed by atoms with Crippen LogP contribution < -0.4 is 10.5 Å². The van der Waals surface area contributed by atoms with Crippen LogP contribution in [0.25, 0.3) is 0 Å². The van der Waals surface area contributed by atoms with Gasteiger partial charge in [-0.15, -0.1) is 0 Å². The lowest BCUT2D eigenvalue weighted by molar-refractivity contribution is 0.250. The van der Waals surface area contributed by atoms with E-state index in [0.29, 0.717) is 5.92 Å². The van der Waals surface area contributed by atoms with Gasteiger partial charge in [0.15, 0.2) is 0 Å². The smallest absolute Gasteiger partial charge is 0.133 e. The molecule has 0 aliphatic carbocycles. The third kappa shape index (κ3) is 4.68. The predicted octanol–water partition coefficient (Wildman–Crippen LogP) is 4.28. The molecule has 2 atom stereocenters. The first-order valence-corrected chi connectivity index (χ1v) is 7.01. The summed E-state index contributed by atoms with van der Waals surface area (Å²) in [5.41, 5.74) is 6.95. The van der Waals surface area contributed by atoms with Crippen LogP contribution in [-0.4, -0.2) is 6.61 Å². The molecule has 1 unspecified atom stereocenters. The lowest BCUT2D eigenvalue weighted by Gasteiger charge is -2.14. The molecule has 17 heavy (non-hydrogen) atoms. The van der Waals surface area contributed by atoms with E-state index in [9.17, 15) is 0 Å². The maximum atomic E-state index is 5.83. The standard InChI is InChI=1S/C14H22BrNO/c1-4-5-10(2)9-17-14-7-6-12(11(3)16)8-13(14)15/h6-8,10-11H,4-5,9,16H2,1-3H3/t10?,11-/m0/s1. The number of hydrogen-bond acceptors (Lipinski definition) is 2. The summed E-state index contributed by atoms with van der Waals surface area (Å²) >= 11 is 3.52. The lowest BCUT2D eigenvalue weighted by Crippen LogP contribution is -2.09. The summed E-state index contributed by atoms with van der Waals surface area (Å²) in [5.74, 6) is 1.50. The van der Waals surface area contributed by atoms with Crippen molar-refractivity contribution in [2.75, 3.05) is 6.61 Å². The van der Waals surface area contributed by atoms with Crippen LogP contribution >= 0.6 is 15.9 Å². The first-order chi connectivity index (χ1) is 8.04. The van der Waals surface area contributed by atoms with Crippen molar-refractivity contribution < 1.29 is 4.74 Å². The highest BCUT2D eigenvalue weighted by atomic mass is 79.9. The Morgan fingerprint density at radius 1 is 1.35 bits per heavy atom. The number of rotatable bonds is 6. The van der Waals surface area contributed by atoms with Gasteiger partial charge in [0.05, 0.1) is 11.1 Å². The Kier molecular flexibility index (Phi) is 6.00. The second-order valence-corrected chi connectivity index (χ2v) is 5.54. The molecule has 0 aliphatic heterocycles. The van der Waals surface area contributed by atoms with Gasteiger partial charge in [0.25, 0.3) is 0 Å². The number of benzene rings is 1. The van der Waals surface area contributed by atoms with E-state index in [1.807, 2.05) is 25.1 Å². The molecule has 0 bridgehead atoms. The van der Waals surface area contributed by atoms with Gasteiger partial charge in [-0.1, -0.05) is 26.3 Å². The molecule has 0 amide bonds. The molecule has 0 saturated carbocycles. The zero-order chi connectivity index (χ0) is 12.8. The summed E-state index contributed by atoms with van der Waals surface area (Å²) in [4.78, 5) is 0. The van der Waals surface area contributed by atoms with Crippen molar-refractivity contribution in [2.45, 2.75) is 39.7 Å². The molecule has 0 heterocycles. The Balaban J connectivity index is 2.60. The average Bonchev–Trinajstić information content (AvgIpc) is 2.27. The Hall–Kier alpha value is -0.540. The third-order valence-corrected chi connectivity index (χ3v) is 3.41. The molecule has 96 valence electrons. The summed E-state index contributed by atoms with van der Waals surface area (Å²) in [6.45, 7) is 7.16. The van der Waals surface area contributed by atoms with Crippen molar-refractivity contribution in [3.05, 3.63) is 28.2 Å². The van der Waals surface area contributed by atoms with Crippen LogP contribution in [0.2, 0.25) is 0 Å². The molecular formula is C14H22BrNO. The van der Waals surface area contributed by atoms with Crippen molar-refractivity contribution in [2.24, 2.45) is 11.7 Å². The van der Waals surface area contributed by atoms with Crippen molar-refractivity contribution >= 4 is 15.9 Å². The van der Waals surface area contributed by atoms with Crippen LogP contribution in [0.15, 0.2) is 22.7 Å². The van der Waals surface area contributed by atoms with Gasteiger partial charge >= 0.3 is 0 Å². The maximum Gasteiger partial charge on any atom is 0.133 e. The summed E-state index contributed by atoms with van der Waals surface area (Å²) in [6.07, 6.45) is 2.41. The minimum Gasteiger partial charge on any atom is -0.492 e. The molecule has 0 fully saturated rings. The minimum atomic E-state index is 0.0550. The summed E-state index contributed by atoms with van der Waals surface area (Å²) < 4.78 is 6.78. The second kappa shape index (κ2) is 7.02. The first-order valence-electron chi connectivity index (χ1n) is 6.22. The van der Waals surface area contributed by atoms with Gasteiger partial charge in [-0.05, 0) is 52.9 Å². The number of hydrogen-bond donors (Lipinski definition) is 1. The highest BCUT2D eigenvalue weighted by molar-refractivity contribution is 9.10. The molecule has 2 N–H and O–H groups in total. The highest BCUT2D eigenvalue weighted by Crippen LogP contribution is 2.28. The van der Waals surface area contributed by atoms with E-state index in [2.05, 4.69) is 29.8 Å². The molecule has 1 rings (SSSR count). The molecule has 0 aromatic heterocycles. The fraction of sp³-hybridized carbons (Fsp3) is 0.571. The van der Waals surface area contributed by atoms with Gasteiger partial charge in [0, 0.05) is 6.04 Å². The van der Waals surface area contributed by atoms with Crippen molar-refractivity contribution in [3.63, 3.8) is 0 Å². The van der Waals surface area contributed by atoms with Gasteiger partial charge in [-0.3, -0.25) is 0 Å². The summed E-state index contributed by atoms with van der Waals surface area (Å²) in [6, 6.07) is 6.10. The Labute approximate surface area is 113 Å². The number of nitrogens with two attached hydrogens (primary N) is 1. The van der Waals surface area contributed by atoms with E-state index >= 15 is 0 Å². The van der Waals surface area contributed by atoms with Gasteiger partial charge in [-0.2, -0.15) is 0 Å². The van der Waals surface area contributed by atoms with Crippen LogP contribution in [-0.2, 0) is 0 Å². The highest BCUT2D eigenvalue weighted by Gasteiger charge is 2.07. The zero-order valence-electron chi connectivity index (χ0n) is 10.9. The molecule has 0 spiro atoms. The van der Waals surface area contributed by atoms with Gasteiger partial charge in [0.2, 0.25) is 0 Å². The molecular weight excluding hydrogens is 278 g/mol. The first kappa shape index (κ1) is 14.5. The van der Waals surface area contributed by atoms with Gasteiger partial charge in [0.1, 0.15) is 5.75 Å². The van der Waals surface area contributed by atoms with Crippen molar-refractivity contribution in [1.29, 1.82) is 0 Å². The average molecular weight is 300 g/mol. The monoisotopic (exact) mass is 299 g/mol. The van der Waals surface area contributed by atoms with E-state index in [0.717, 1.165) is 22.4 Å². The summed E-state index contributed by atoms with van der Waals surface area (Å²) in [5, 5.41) is 0. The van der Waals surface area contributed by atoms with Crippen LogP contribution in [0.3, 0.4) is 0 Å². The largest absolute Gasteiger partial charge is 0.492 e. The fourth-order valence-corrected chi connectivity index (χ4v) is 2.24. The van der Waals surface area contributed by atoms with Crippen molar-refractivity contribution in [3.8, 4) is 5.75 Å². The van der Waals surface area contributed by atoms with Crippen LogP contribution in [0.1, 0.15) is 45.2 Å². The zero-order valence-corrected chi connectivity index (χ0v) is 12.5. The summed E-state index contributed by atoms with van der Waals surface area (Å²) in [7, 11) is 0. The topological polar surface area (TPSA) is 35.2 Å². The van der Waals surface area contributed by atoms with E-state index in [4.69, 9.17) is 10.5 Å². The SMILES string of the molecule is CCCC(C)COc1ccc([C@H](C)N)cc1Br. The normalized spacial score (nSPS) is 14.4. The Morgan fingerprint density at radius 2 is 2.06 bits per heavy atom.